The quantitative estimate of drug-likeness (QED) is 0.0597. The Morgan fingerprint density at radius 3 is 1.65 bits per heavy atom. The van der Waals surface area contributed by atoms with E-state index in [1.807, 2.05) is 32.0 Å². The number of rotatable bonds is 5. The fourth-order valence-electron chi connectivity index (χ4n) is 3.96. The smallest absolute Gasteiger partial charge is 0.303 e. The number of aromatic nitrogens is 6. The molecule has 7 N–H and O–H groups in total. The van der Waals surface area contributed by atoms with Gasteiger partial charge in [-0.1, -0.05) is 7.43 Å². The van der Waals surface area contributed by atoms with E-state index in [1.54, 1.807) is 30.6 Å². The summed E-state index contributed by atoms with van der Waals surface area (Å²) >= 11 is 0. The van der Waals surface area contributed by atoms with Crippen molar-refractivity contribution in [1.29, 1.82) is 10.5 Å². The van der Waals surface area contributed by atoms with E-state index in [9.17, 15) is 23.2 Å². The zero-order valence-electron chi connectivity index (χ0n) is 32.4. The van der Waals surface area contributed by atoms with Crippen LogP contribution in [-0.2, 0) is 41.0 Å². The number of halogens is 2. The summed E-state index contributed by atoms with van der Waals surface area (Å²) in [7, 11) is 0. The number of aliphatic carboxylic acids is 2. The van der Waals surface area contributed by atoms with Crippen LogP contribution < -0.4 is 5.73 Å². The summed E-state index contributed by atoms with van der Waals surface area (Å²) in [6.45, 7) is 8.55. The number of carboxylic acid groups (broad SMARTS) is 2. The number of Topliss-reactive ketones (excluding diaryl/α,β-unsaturated/α-hetero) is 1. The first kappa shape index (κ1) is 54.6. The molecule has 60 heavy (non-hydrogen) atoms. The van der Waals surface area contributed by atoms with Gasteiger partial charge in [0.25, 0.3) is 11.9 Å². The largest absolute Gasteiger partial charge is 0.481 e. The third-order valence-corrected chi connectivity index (χ3v) is 6.36. The number of nitrogens with one attached hydrogen (secondary N) is 3. The molecular formula is C40H43CuF2N9O8. The van der Waals surface area contributed by atoms with Crippen molar-refractivity contribution in [1.82, 2.24) is 30.1 Å². The number of nitrogens with two attached hydrogens (primary N) is 1. The van der Waals surface area contributed by atoms with Crippen molar-refractivity contribution >= 4 is 46.7 Å². The number of hydrogen-bond donors (Lipinski definition) is 6. The second-order valence-electron chi connectivity index (χ2n) is 11.5. The third-order valence-electron chi connectivity index (χ3n) is 6.36. The van der Waals surface area contributed by atoms with Crippen LogP contribution in [0.25, 0.3) is 33.7 Å². The molecule has 0 saturated heterocycles. The minimum atomic E-state index is -0.833. The maximum Gasteiger partial charge on any atom is 0.303 e. The van der Waals surface area contributed by atoms with Crippen molar-refractivity contribution in [3.05, 3.63) is 107 Å². The maximum atomic E-state index is 13.0. The van der Waals surface area contributed by atoms with Crippen molar-refractivity contribution in [3.8, 4) is 34.9 Å². The Kier molecular flexibility index (Phi) is 25.4. The molecule has 1 radical (unpaired) electrons. The molecule has 0 aliphatic rings. The fraction of sp³-hybridized carbons (Fsp3) is 0.200. The number of fused-ring (bicyclic) bond motifs is 1. The summed E-state index contributed by atoms with van der Waals surface area (Å²) in [6, 6.07) is 17.3. The Morgan fingerprint density at radius 1 is 0.800 bits per heavy atom. The molecule has 0 unspecified atom stereocenters. The number of benzene rings is 3. The van der Waals surface area contributed by atoms with E-state index < -0.39 is 29.5 Å². The number of aromatic amines is 3. The fourth-order valence-corrected chi connectivity index (χ4v) is 3.96. The number of ether oxygens (including phenoxy) is 1. The zero-order valence-corrected chi connectivity index (χ0v) is 33.3. The summed E-state index contributed by atoms with van der Waals surface area (Å²) in [4.78, 5) is 62.8. The zero-order chi connectivity index (χ0) is 43.9. The molecule has 0 spiro atoms. The van der Waals surface area contributed by atoms with Crippen LogP contribution in [-0.4, -0.2) is 76.9 Å². The van der Waals surface area contributed by atoms with Crippen LogP contribution in [0.2, 0.25) is 0 Å². The van der Waals surface area contributed by atoms with Crippen LogP contribution in [0.5, 0.6) is 0 Å². The molecule has 20 heteroatoms. The Labute approximate surface area is 354 Å². The van der Waals surface area contributed by atoms with Crippen molar-refractivity contribution in [2.45, 2.75) is 49.0 Å². The maximum absolute atomic E-state index is 13.0. The standard InChI is InChI=1S/C11H8FN3.C11H11N5.C8H4FNO.C5H8O3.2C2H4O2.CH4.Cu/c1-7-6-14-11(15-7)8-2-3-10(12)9(4-8)5-13;1-6-5-13-11(14-6)7-2-3-9-8(4-7)10(12)16-15-9;9-8-2-1-6(5-11)3-7(8)4-10;1-4(6)3-8-5(2)7;2*1-2(3)4;;/h2-4,6H,1H3,(H,14,15);2-5H,1H3,(H,13,14)(H3,12,15,16);1-3,5H;3H2,1-2H3;2*1H3,(H,3,4);1H4;. The first-order valence-corrected chi connectivity index (χ1v) is 16.5. The van der Waals surface area contributed by atoms with Crippen LogP contribution in [0, 0.1) is 48.1 Å². The number of carboxylic acids is 2. The Balaban J connectivity index is 0. The minimum Gasteiger partial charge on any atom is -0.481 e. The number of aldehydes is 1. The van der Waals surface area contributed by atoms with Gasteiger partial charge in [0.15, 0.2) is 11.6 Å². The molecule has 17 nitrogen and oxygen atoms in total. The summed E-state index contributed by atoms with van der Waals surface area (Å²) < 4.78 is 29.9. The van der Waals surface area contributed by atoms with Gasteiger partial charge in [0, 0.05) is 83.7 Å². The number of nitrogen functional groups attached to an aromatic ring is 1. The van der Waals surface area contributed by atoms with Crippen molar-refractivity contribution in [3.63, 3.8) is 0 Å². The number of carbonyl (C=O) groups is 5. The summed E-state index contributed by atoms with van der Waals surface area (Å²) in [5.41, 5.74) is 10.6. The molecule has 6 aromatic rings. The average molecular weight is 879 g/mol. The molecule has 3 aromatic carbocycles. The second kappa shape index (κ2) is 28.0. The van der Waals surface area contributed by atoms with Gasteiger partial charge in [-0.2, -0.15) is 15.6 Å². The summed E-state index contributed by atoms with van der Waals surface area (Å²) in [5, 5.41) is 39.6. The third kappa shape index (κ3) is 20.6. The van der Waals surface area contributed by atoms with Gasteiger partial charge in [-0.25, -0.2) is 18.7 Å². The predicted molar refractivity (Wildman–Crippen MR) is 213 cm³/mol. The SMILES string of the molecule is C.CC(=O)COC(C)=O.CC(=O)O.CC(=O)O.Cc1cnc(-c2ccc(F)c(C#N)c2)[nH]1.Cc1cnc(-c2ccc3[nH]nc(N)c3c2)[nH]1.N#Cc1cc(C=O)ccc1F.[Cu]. The molecule has 0 fully saturated rings. The molecule has 0 bridgehead atoms. The van der Waals surface area contributed by atoms with Crippen LogP contribution in [0.4, 0.5) is 14.6 Å². The number of H-pyrrole nitrogens is 3. The molecule has 0 saturated carbocycles. The molecule has 6 rings (SSSR count). The molecule has 0 aliphatic heterocycles. The second-order valence-corrected chi connectivity index (χ2v) is 11.5. The van der Waals surface area contributed by atoms with Crippen molar-refractivity contribution in [2.24, 2.45) is 0 Å². The molecule has 3 heterocycles. The number of ketones is 1. The van der Waals surface area contributed by atoms with Crippen molar-refractivity contribution < 1.29 is 64.8 Å². The monoisotopic (exact) mass is 878 g/mol. The Bertz CT molecular complexity index is 2400. The number of anilines is 1. The minimum absolute atomic E-state index is 0. The number of esters is 1. The van der Waals surface area contributed by atoms with Gasteiger partial charge in [0.1, 0.15) is 48.3 Å². The molecule has 3 aromatic heterocycles. The van der Waals surface area contributed by atoms with E-state index >= 15 is 0 Å². The van der Waals surface area contributed by atoms with Crippen molar-refractivity contribution in [2.75, 3.05) is 12.3 Å². The van der Waals surface area contributed by atoms with Gasteiger partial charge in [0.05, 0.1) is 16.6 Å². The van der Waals surface area contributed by atoms with Gasteiger partial charge >= 0.3 is 5.97 Å². The first-order chi connectivity index (χ1) is 27.3. The number of nitriles is 2. The van der Waals surface area contributed by atoms with E-state index in [1.165, 1.54) is 38.1 Å². The van der Waals surface area contributed by atoms with E-state index in [0.29, 0.717) is 29.1 Å². The Morgan fingerprint density at radius 2 is 1.25 bits per heavy atom. The summed E-state index contributed by atoms with van der Waals surface area (Å²) in [6.07, 6.45) is 4.06. The molecule has 0 aliphatic carbocycles. The van der Waals surface area contributed by atoms with Gasteiger partial charge < -0.3 is 30.7 Å². The molecule has 0 atom stereocenters. The normalized spacial score (nSPS) is 8.97. The Hall–Kier alpha value is -7.54. The molecular weight excluding hydrogens is 836 g/mol. The number of hydrogen-bond acceptors (Lipinski definition) is 12. The number of nitrogens with zero attached hydrogens (tertiary/aromatic N) is 5. The van der Waals surface area contributed by atoms with Crippen LogP contribution in [0.15, 0.2) is 67.0 Å². The predicted octanol–water partition coefficient (Wildman–Crippen LogP) is 6.70. The number of imidazole rings is 2. The van der Waals surface area contributed by atoms with Gasteiger partial charge in [0.2, 0.25) is 0 Å². The number of carbonyl (C=O) groups excluding carboxylic acids is 3. The van der Waals surface area contributed by atoms with Crippen LogP contribution in [0.1, 0.15) is 68.0 Å². The summed E-state index contributed by atoms with van der Waals surface area (Å²) in [5.74, 6) is -1.33. The molecule has 0 amide bonds. The van der Waals surface area contributed by atoms with Crippen LogP contribution >= 0.6 is 0 Å². The van der Waals surface area contributed by atoms with E-state index in [4.69, 9.17) is 36.1 Å². The van der Waals surface area contributed by atoms with Gasteiger partial charge in [-0.05, 0) is 75.4 Å². The van der Waals surface area contributed by atoms with Gasteiger partial charge in [-0.3, -0.25) is 29.1 Å². The number of aryl methyl sites for hydroxylation is 2. The van der Waals surface area contributed by atoms with E-state index in [0.717, 1.165) is 53.6 Å². The van der Waals surface area contributed by atoms with E-state index in [-0.39, 0.29) is 48.0 Å². The first-order valence-electron chi connectivity index (χ1n) is 16.5. The van der Waals surface area contributed by atoms with E-state index in [2.05, 4.69) is 34.9 Å². The van der Waals surface area contributed by atoms with Crippen LogP contribution in [0.3, 0.4) is 0 Å². The topological polar surface area (TPSA) is 295 Å². The average Bonchev–Trinajstić information content (AvgIpc) is 3.91. The molecule has 321 valence electrons. The van der Waals surface area contributed by atoms with Gasteiger partial charge in [-0.15, -0.1) is 0 Å².